The van der Waals surface area contributed by atoms with Gasteiger partial charge in [-0.15, -0.1) is 11.3 Å². The molecule has 0 saturated carbocycles. The first kappa shape index (κ1) is 20.1. The summed E-state index contributed by atoms with van der Waals surface area (Å²) in [6.07, 6.45) is 7.64. The molecule has 6 nitrogen and oxygen atoms in total. The number of nitrogens with zero attached hydrogens (tertiary/aromatic N) is 4. The first-order valence-corrected chi connectivity index (χ1v) is 11.1. The lowest BCUT2D eigenvalue weighted by atomic mass is 10.0. The van der Waals surface area contributed by atoms with Gasteiger partial charge in [0.05, 0.1) is 21.6 Å². The Bertz CT molecular complexity index is 1530. The SMILES string of the molecule is C=C/C=C(C)\C(=C/C)c1ccc2[nH]nc(-c3nc4c(-c5ccc(C)s5)nccc4[nH]3)c2n1. The molecule has 0 radical (unpaired) electrons. The van der Waals surface area contributed by atoms with Crippen molar-refractivity contribution in [3.8, 4) is 22.1 Å². The summed E-state index contributed by atoms with van der Waals surface area (Å²) in [6.45, 7) is 9.96. The molecule has 0 aliphatic heterocycles. The molecule has 0 spiro atoms. The van der Waals surface area contributed by atoms with Crippen LogP contribution in [0.4, 0.5) is 0 Å². The van der Waals surface area contributed by atoms with E-state index in [4.69, 9.17) is 9.97 Å². The number of fused-ring (bicyclic) bond motifs is 2. The van der Waals surface area contributed by atoms with E-state index in [1.807, 2.05) is 31.2 Å². The van der Waals surface area contributed by atoms with Gasteiger partial charge in [0.2, 0.25) is 0 Å². The third-order valence-corrected chi connectivity index (χ3v) is 6.37. The molecule has 5 aromatic rings. The van der Waals surface area contributed by atoms with E-state index in [1.165, 1.54) is 4.88 Å². The molecule has 0 aliphatic carbocycles. The molecule has 32 heavy (non-hydrogen) atoms. The van der Waals surface area contributed by atoms with E-state index in [9.17, 15) is 0 Å². The number of aromatic nitrogens is 6. The van der Waals surface area contributed by atoms with Crippen LogP contribution in [0, 0.1) is 6.92 Å². The lowest BCUT2D eigenvalue weighted by molar-refractivity contribution is 1.10. The van der Waals surface area contributed by atoms with Crippen LogP contribution >= 0.6 is 11.3 Å². The van der Waals surface area contributed by atoms with Gasteiger partial charge in [0.15, 0.2) is 11.5 Å². The van der Waals surface area contributed by atoms with Crippen molar-refractivity contribution in [1.29, 1.82) is 0 Å². The Hall–Kier alpha value is -3.84. The minimum absolute atomic E-state index is 0.666. The number of hydrogen-bond donors (Lipinski definition) is 2. The molecule has 5 rings (SSSR count). The average molecular weight is 439 g/mol. The molecular formula is C25H22N6S. The van der Waals surface area contributed by atoms with Crippen molar-refractivity contribution in [2.75, 3.05) is 0 Å². The highest BCUT2D eigenvalue weighted by molar-refractivity contribution is 7.15. The second-order valence-electron chi connectivity index (χ2n) is 7.50. The highest BCUT2D eigenvalue weighted by Gasteiger charge is 2.18. The minimum Gasteiger partial charge on any atom is -0.336 e. The first-order valence-electron chi connectivity index (χ1n) is 10.3. The Balaban J connectivity index is 1.65. The van der Waals surface area contributed by atoms with Crippen molar-refractivity contribution >= 4 is 39.0 Å². The van der Waals surface area contributed by atoms with Gasteiger partial charge < -0.3 is 4.98 Å². The first-order chi connectivity index (χ1) is 15.6. The van der Waals surface area contributed by atoms with Crippen molar-refractivity contribution in [3.05, 3.63) is 77.5 Å². The standard InChI is InChI=1S/C25H22N6S/c1-5-7-14(3)16(6-2)17-9-10-19-22(27-17)24(31-30-19)25-28-18-12-13-26-23(21(18)29-25)20-11-8-15(4)32-20/h5-13H,1H2,2-4H3,(H,28,29)(H,30,31)/b14-7-,16-6+. The molecule has 0 aromatic carbocycles. The monoisotopic (exact) mass is 438 g/mol. The molecule has 0 saturated heterocycles. The van der Waals surface area contributed by atoms with E-state index < -0.39 is 0 Å². The quantitative estimate of drug-likeness (QED) is 0.308. The maximum Gasteiger partial charge on any atom is 0.161 e. The van der Waals surface area contributed by atoms with E-state index in [1.54, 1.807) is 23.6 Å². The molecule has 158 valence electrons. The van der Waals surface area contributed by atoms with Gasteiger partial charge >= 0.3 is 0 Å². The average Bonchev–Trinajstić information content (AvgIpc) is 3.51. The highest BCUT2D eigenvalue weighted by Crippen LogP contribution is 2.33. The van der Waals surface area contributed by atoms with Crippen LogP contribution in [0.25, 0.3) is 49.7 Å². The van der Waals surface area contributed by atoms with E-state index in [-0.39, 0.29) is 0 Å². The predicted octanol–water partition coefficient (Wildman–Crippen LogP) is 6.47. The van der Waals surface area contributed by atoms with Crippen LogP contribution < -0.4 is 0 Å². The lowest BCUT2D eigenvalue weighted by Gasteiger charge is -2.07. The number of imidazole rings is 1. The number of thiophene rings is 1. The number of aryl methyl sites for hydroxylation is 1. The van der Waals surface area contributed by atoms with Gasteiger partial charge in [0.25, 0.3) is 0 Å². The third kappa shape index (κ3) is 3.36. The zero-order valence-corrected chi connectivity index (χ0v) is 18.9. The highest BCUT2D eigenvalue weighted by atomic mass is 32.1. The Kier molecular flexibility index (Phi) is 5.03. The summed E-state index contributed by atoms with van der Waals surface area (Å²) < 4.78 is 0. The summed E-state index contributed by atoms with van der Waals surface area (Å²) in [6, 6.07) is 10.1. The fourth-order valence-corrected chi connectivity index (χ4v) is 4.71. The second kappa shape index (κ2) is 8.01. The molecule has 0 amide bonds. The molecule has 0 unspecified atom stereocenters. The number of nitrogens with one attached hydrogen (secondary N) is 2. The molecule has 5 heterocycles. The van der Waals surface area contributed by atoms with E-state index >= 15 is 0 Å². The maximum atomic E-state index is 4.93. The number of pyridine rings is 2. The summed E-state index contributed by atoms with van der Waals surface area (Å²) in [7, 11) is 0. The van der Waals surface area contributed by atoms with Gasteiger partial charge in [-0.3, -0.25) is 10.1 Å². The Morgan fingerprint density at radius 3 is 2.62 bits per heavy atom. The molecule has 0 fully saturated rings. The molecule has 7 heteroatoms. The van der Waals surface area contributed by atoms with Crippen LogP contribution in [0.3, 0.4) is 0 Å². The molecule has 5 aromatic heterocycles. The van der Waals surface area contributed by atoms with Crippen molar-refractivity contribution in [2.24, 2.45) is 0 Å². The summed E-state index contributed by atoms with van der Waals surface area (Å²) in [5, 5.41) is 7.61. The van der Waals surface area contributed by atoms with E-state index in [2.05, 4.69) is 58.8 Å². The van der Waals surface area contributed by atoms with Gasteiger partial charge in [0, 0.05) is 11.1 Å². The minimum atomic E-state index is 0.666. The zero-order chi connectivity index (χ0) is 22.2. The number of aromatic amines is 2. The van der Waals surface area contributed by atoms with Crippen LogP contribution in [0.5, 0.6) is 0 Å². The smallest absolute Gasteiger partial charge is 0.161 e. The van der Waals surface area contributed by atoms with Gasteiger partial charge in [0.1, 0.15) is 16.7 Å². The summed E-state index contributed by atoms with van der Waals surface area (Å²) in [5.41, 5.74) is 7.98. The van der Waals surface area contributed by atoms with Gasteiger partial charge in [-0.05, 0) is 62.2 Å². The maximum absolute atomic E-state index is 4.93. The van der Waals surface area contributed by atoms with Crippen LogP contribution in [-0.2, 0) is 0 Å². The van der Waals surface area contributed by atoms with Gasteiger partial charge in [-0.25, -0.2) is 9.97 Å². The Labute approximate surface area is 189 Å². The summed E-state index contributed by atoms with van der Waals surface area (Å²) in [5.74, 6) is 0.666. The number of rotatable bonds is 5. The topological polar surface area (TPSA) is 83.1 Å². The van der Waals surface area contributed by atoms with Crippen LogP contribution in [-0.4, -0.2) is 30.1 Å². The molecule has 0 bridgehead atoms. The normalized spacial score (nSPS) is 12.7. The fraction of sp³-hybridized carbons (Fsp3) is 0.120. The Morgan fingerprint density at radius 1 is 1.03 bits per heavy atom. The van der Waals surface area contributed by atoms with E-state index in [0.29, 0.717) is 11.5 Å². The van der Waals surface area contributed by atoms with Gasteiger partial charge in [-0.2, -0.15) is 5.10 Å². The van der Waals surface area contributed by atoms with Gasteiger partial charge in [-0.1, -0.05) is 24.8 Å². The van der Waals surface area contributed by atoms with Crippen molar-refractivity contribution < 1.29 is 0 Å². The zero-order valence-electron chi connectivity index (χ0n) is 18.1. The number of hydrogen-bond acceptors (Lipinski definition) is 5. The largest absolute Gasteiger partial charge is 0.336 e. The van der Waals surface area contributed by atoms with Crippen LogP contribution in [0.15, 0.2) is 66.9 Å². The number of H-pyrrole nitrogens is 2. The second-order valence-corrected chi connectivity index (χ2v) is 8.79. The molecular weight excluding hydrogens is 416 g/mol. The predicted molar refractivity (Wildman–Crippen MR) is 132 cm³/mol. The van der Waals surface area contributed by atoms with Crippen LogP contribution in [0.2, 0.25) is 0 Å². The molecule has 0 aliphatic rings. The Morgan fingerprint density at radius 2 is 1.88 bits per heavy atom. The summed E-state index contributed by atoms with van der Waals surface area (Å²) >= 11 is 1.71. The third-order valence-electron chi connectivity index (χ3n) is 5.36. The molecule has 0 atom stereocenters. The lowest BCUT2D eigenvalue weighted by Crippen LogP contribution is -1.92. The van der Waals surface area contributed by atoms with Crippen molar-refractivity contribution in [3.63, 3.8) is 0 Å². The fourth-order valence-electron chi connectivity index (χ4n) is 3.85. The van der Waals surface area contributed by atoms with E-state index in [0.717, 1.165) is 49.5 Å². The number of allylic oxidation sites excluding steroid dienone is 5. The summed E-state index contributed by atoms with van der Waals surface area (Å²) in [4.78, 5) is 20.1. The molecule has 2 N–H and O–H groups in total. The van der Waals surface area contributed by atoms with Crippen molar-refractivity contribution in [2.45, 2.75) is 20.8 Å². The van der Waals surface area contributed by atoms with Crippen molar-refractivity contribution in [1.82, 2.24) is 30.1 Å². The van der Waals surface area contributed by atoms with Crippen LogP contribution in [0.1, 0.15) is 24.4 Å².